The molecule has 0 spiro atoms. The molecule has 0 unspecified atom stereocenters. The van der Waals surface area contributed by atoms with Gasteiger partial charge in [-0.3, -0.25) is 4.79 Å². The van der Waals surface area contributed by atoms with Gasteiger partial charge in [0.1, 0.15) is 11.6 Å². The molecule has 21 heavy (non-hydrogen) atoms. The van der Waals surface area contributed by atoms with Crippen LogP contribution in [0.3, 0.4) is 0 Å². The average Bonchev–Trinajstić information content (AvgIpc) is 2.53. The van der Waals surface area contributed by atoms with Crippen molar-refractivity contribution in [3.8, 4) is 0 Å². The van der Waals surface area contributed by atoms with Crippen LogP contribution in [0.5, 0.6) is 0 Å². The highest BCUT2D eigenvalue weighted by molar-refractivity contribution is 5.98. The first-order chi connectivity index (χ1) is 10.1. The number of anilines is 1. The van der Waals surface area contributed by atoms with Crippen LogP contribution in [0.4, 0.5) is 10.2 Å². The molecule has 0 aliphatic heterocycles. The Balaban J connectivity index is 2.05. The molecule has 0 aliphatic rings. The predicted molar refractivity (Wildman–Crippen MR) is 80.7 cm³/mol. The SMILES string of the molecule is CCc1ccc(CNC(=O)c2cc(F)cnc2NC)cc1. The predicted octanol–water partition coefficient (Wildman–Crippen LogP) is 2.75. The van der Waals surface area contributed by atoms with E-state index in [0.29, 0.717) is 12.4 Å². The Labute approximate surface area is 123 Å². The first-order valence-electron chi connectivity index (χ1n) is 6.83. The first kappa shape index (κ1) is 15.0. The molecule has 0 atom stereocenters. The van der Waals surface area contributed by atoms with Gasteiger partial charge in [-0.15, -0.1) is 0 Å². The lowest BCUT2D eigenvalue weighted by Crippen LogP contribution is -2.24. The molecular weight excluding hydrogens is 269 g/mol. The number of hydrogen-bond donors (Lipinski definition) is 2. The minimum atomic E-state index is -0.536. The third-order valence-corrected chi connectivity index (χ3v) is 3.22. The van der Waals surface area contributed by atoms with Crippen molar-refractivity contribution in [3.05, 3.63) is 59.0 Å². The molecule has 0 saturated heterocycles. The van der Waals surface area contributed by atoms with Crippen molar-refractivity contribution < 1.29 is 9.18 Å². The van der Waals surface area contributed by atoms with Crippen molar-refractivity contribution >= 4 is 11.7 Å². The van der Waals surface area contributed by atoms with Crippen LogP contribution in [0.25, 0.3) is 0 Å². The molecule has 1 heterocycles. The number of halogens is 1. The third-order valence-electron chi connectivity index (χ3n) is 3.22. The van der Waals surface area contributed by atoms with Crippen LogP contribution in [0, 0.1) is 5.82 Å². The zero-order chi connectivity index (χ0) is 15.2. The largest absolute Gasteiger partial charge is 0.372 e. The number of carbonyl (C=O) groups excluding carboxylic acids is 1. The lowest BCUT2D eigenvalue weighted by atomic mass is 10.1. The molecular formula is C16H18FN3O. The number of aryl methyl sites for hydroxylation is 1. The maximum atomic E-state index is 13.2. The number of hydrogen-bond acceptors (Lipinski definition) is 3. The Morgan fingerprint density at radius 2 is 1.90 bits per heavy atom. The van der Waals surface area contributed by atoms with Gasteiger partial charge < -0.3 is 10.6 Å². The van der Waals surface area contributed by atoms with E-state index in [2.05, 4.69) is 22.5 Å². The van der Waals surface area contributed by atoms with Crippen LogP contribution < -0.4 is 10.6 Å². The van der Waals surface area contributed by atoms with Crippen LogP contribution in [0.2, 0.25) is 0 Å². The van der Waals surface area contributed by atoms with Crippen molar-refractivity contribution in [1.82, 2.24) is 10.3 Å². The minimum Gasteiger partial charge on any atom is -0.372 e. The molecule has 0 fully saturated rings. The summed E-state index contributed by atoms with van der Waals surface area (Å²) in [4.78, 5) is 16.0. The number of nitrogens with one attached hydrogen (secondary N) is 2. The summed E-state index contributed by atoms with van der Waals surface area (Å²) in [5, 5.41) is 5.55. The van der Waals surface area contributed by atoms with Gasteiger partial charge in [0.15, 0.2) is 0 Å². The van der Waals surface area contributed by atoms with E-state index < -0.39 is 5.82 Å². The van der Waals surface area contributed by atoms with E-state index in [1.807, 2.05) is 24.3 Å². The van der Waals surface area contributed by atoms with E-state index >= 15 is 0 Å². The zero-order valence-electron chi connectivity index (χ0n) is 12.1. The van der Waals surface area contributed by atoms with Crippen LogP contribution in [-0.2, 0) is 13.0 Å². The van der Waals surface area contributed by atoms with E-state index in [0.717, 1.165) is 18.2 Å². The summed E-state index contributed by atoms with van der Waals surface area (Å²) in [7, 11) is 1.64. The number of carbonyl (C=O) groups is 1. The topological polar surface area (TPSA) is 54.0 Å². The molecule has 0 saturated carbocycles. The molecule has 0 bridgehead atoms. The van der Waals surface area contributed by atoms with E-state index in [4.69, 9.17) is 0 Å². The third kappa shape index (κ3) is 3.78. The Hall–Kier alpha value is -2.43. The fraction of sp³-hybridized carbons (Fsp3) is 0.250. The smallest absolute Gasteiger partial charge is 0.255 e. The highest BCUT2D eigenvalue weighted by atomic mass is 19.1. The Bertz CT molecular complexity index is 626. The van der Waals surface area contributed by atoms with Crippen LogP contribution in [-0.4, -0.2) is 17.9 Å². The zero-order valence-corrected chi connectivity index (χ0v) is 12.1. The van der Waals surface area contributed by atoms with E-state index in [1.165, 1.54) is 11.6 Å². The second-order valence-electron chi connectivity index (χ2n) is 4.65. The number of rotatable bonds is 5. The highest BCUT2D eigenvalue weighted by Crippen LogP contribution is 2.13. The molecule has 1 aromatic carbocycles. The molecule has 0 radical (unpaired) electrons. The second-order valence-corrected chi connectivity index (χ2v) is 4.65. The van der Waals surface area contributed by atoms with Gasteiger partial charge in [-0.25, -0.2) is 9.37 Å². The van der Waals surface area contributed by atoms with Gasteiger partial charge in [-0.05, 0) is 23.6 Å². The summed E-state index contributed by atoms with van der Waals surface area (Å²) in [6.07, 6.45) is 2.05. The Morgan fingerprint density at radius 3 is 2.52 bits per heavy atom. The monoisotopic (exact) mass is 287 g/mol. The van der Waals surface area contributed by atoms with Crippen molar-refractivity contribution in [3.63, 3.8) is 0 Å². The number of benzene rings is 1. The fourth-order valence-electron chi connectivity index (χ4n) is 1.98. The van der Waals surface area contributed by atoms with E-state index in [1.54, 1.807) is 7.05 Å². The summed E-state index contributed by atoms with van der Waals surface area (Å²) in [6, 6.07) is 9.19. The summed E-state index contributed by atoms with van der Waals surface area (Å²) in [5.41, 5.74) is 2.44. The molecule has 5 heteroatoms. The average molecular weight is 287 g/mol. The van der Waals surface area contributed by atoms with E-state index in [-0.39, 0.29) is 11.5 Å². The number of nitrogens with zero attached hydrogens (tertiary/aromatic N) is 1. The lowest BCUT2D eigenvalue weighted by Gasteiger charge is -2.09. The molecule has 2 rings (SSSR count). The first-order valence-corrected chi connectivity index (χ1v) is 6.83. The summed E-state index contributed by atoms with van der Waals surface area (Å²) < 4.78 is 13.2. The quantitative estimate of drug-likeness (QED) is 0.889. The summed E-state index contributed by atoms with van der Waals surface area (Å²) >= 11 is 0. The molecule has 4 nitrogen and oxygen atoms in total. The van der Waals surface area contributed by atoms with Gasteiger partial charge in [0.05, 0.1) is 11.8 Å². The van der Waals surface area contributed by atoms with Crippen molar-refractivity contribution in [2.24, 2.45) is 0 Å². The van der Waals surface area contributed by atoms with Crippen LogP contribution in [0.1, 0.15) is 28.4 Å². The minimum absolute atomic E-state index is 0.197. The lowest BCUT2D eigenvalue weighted by molar-refractivity contribution is 0.0951. The van der Waals surface area contributed by atoms with Gasteiger partial charge in [0.25, 0.3) is 5.91 Å². The molecule has 1 aromatic heterocycles. The van der Waals surface area contributed by atoms with Gasteiger partial charge >= 0.3 is 0 Å². The molecule has 2 N–H and O–H groups in total. The molecule has 1 amide bonds. The summed E-state index contributed by atoms with van der Waals surface area (Å²) in [6.45, 7) is 2.48. The number of aromatic nitrogens is 1. The Kier molecular flexibility index (Phi) is 4.87. The van der Waals surface area contributed by atoms with E-state index in [9.17, 15) is 9.18 Å². The van der Waals surface area contributed by atoms with Gasteiger partial charge in [0.2, 0.25) is 0 Å². The fourth-order valence-corrected chi connectivity index (χ4v) is 1.98. The standard InChI is InChI=1S/C16H18FN3O/c1-3-11-4-6-12(7-5-11)9-20-16(21)14-8-13(17)10-19-15(14)18-2/h4-8,10H,3,9H2,1-2H3,(H,18,19)(H,20,21). The van der Waals surface area contributed by atoms with Gasteiger partial charge in [-0.2, -0.15) is 0 Å². The van der Waals surface area contributed by atoms with Gasteiger partial charge in [0, 0.05) is 13.6 Å². The maximum Gasteiger partial charge on any atom is 0.255 e. The maximum absolute atomic E-state index is 13.2. The molecule has 110 valence electrons. The number of pyridine rings is 1. The molecule has 0 aliphatic carbocycles. The Morgan fingerprint density at radius 1 is 1.24 bits per heavy atom. The second kappa shape index (κ2) is 6.83. The van der Waals surface area contributed by atoms with Crippen LogP contribution >= 0.6 is 0 Å². The normalized spacial score (nSPS) is 10.2. The molecule has 2 aromatic rings. The number of amides is 1. The van der Waals surface area contributed by atoms with Crippen molar-refractivity contribution in [2.75, 3.05) is 12.4 Å². The van der Waals surface area contributed by atoms with Crippen LogP contribution in [0.15, 0.2) is 36.5 Å². The highest BCUT2D eigenvalue weighted by Gasteiger charge is 2.13. The van der Waals surface area contributed by atoms with Gasteiger partial charge in [-0.1, -0.05) is 31.2 Å². The van der Waals surface area contributed by atoms with Crippen molar-refractivity contribution in [2.45, 2.75) is 19.9 Å². The summed E-state index contributed by atoms with van der Waals surface area (Å²) in [5.74, 6) is -0.535. The van der Waals surface area contributed by atoms with Crippen molar-refractivity contribution in [1.29, 1.82) is 0 Å².